The summed E-state index contributed by atoms with van der Waals surface area (Å²) in [5.74, 6) is -0.550. The molecule has 3 heteroatoms. The van der Waals surface area contributed by atoms with Gasteiger partial charge < -0.3 is 10.2 Å². The molecule has 1 aromatic rings. The van der Waals surface area contributed by atoms with E-state index >= 15 is 0 Å². The molecule has 1 rings (SSSR count). The molecular formula is C13H18O3. The first-order valence-electron chi connectivity index (χ1n) is 5.24. The summed E-state index contributed by atoms with van der Waals surface area (Å²) in [7, 11) is 0. The minimum absolute atomic E-state index is 0.431. The molecule has 3 nitrogen and oxygen atoms in total. The maximum atomic E-state index is 9.34. The number of carboxylic acid groups (broad SMARTS) is 1. The zero-order valence-corrected chi connectivity index (χ0v) is 9.52. The van der Waals surface area contributed by atoms with Gasteiger partial charge in [-0.15, -0.1) is 0 Å². The highest BCUT2D eigenvalue weighted by Crippen LogP contribution is 2.17. The molecule has 0 atom stereocenters. The van der Waals surface area contributed by atoms with Crippen LogP contribution in [0.1, 0.15) is 25.3 Å². The number of unbranched alkanes of at least 4 members (excludes halogenated alkanes) is 1. The minimum Gasteiger partial charge on any atom is -0.508 e. The van der Waals surface area contributed by atoms with Crippen molar-refractivity contribution in [2.75, 3.05) is 0 Å². The molecule has 0 unspecified atom stereocenters. The average molecular weight is 222 g/mol. The van der Waals surface area contributed by atoms with E-state index in [-0.39, 0.29) is 0 Å². The molecule has 2 N–H and O–H groups in total. The highest BCUT2D eigenvalue weighted by Gasteiger charge is 1.96. The monoisotopic (exact) mass is 222 g/mol. The van der Waals surface area contributed by atoms with Crippen LogP contribution in [-0.4, -0.2) is 16.2 Å². The van der Waals surface area contributed by atoms with Gasteiger partial charge in [0.15, 0.2) is 0 Å². The van der Waals surface area contributed by atoms with Crippen LogP contribution in [0.5, 0.6) is 5.75 Å². The average Bonchev–Trinajstić information content (AvgIpc) is 2.29. The Bertz CT molecular complexity index is 332. The Balaban J connectivity index is 0.000000385. The van der Waals surface area contributed by atoms with E-state index in [2.05, 4.69) is 13.5 Å². The fraction of sp³-hybridized carbons (Fsp3) is 0.308. The topological polar surface area (TPSA) is 57.5 Å². The predicted octanol–water partition coefficient (Wildman–Crippen LogP) is 2.99. The summed E-state index contributed by atoms with van der Waals surface area (Å²) < 4.78 is 0. The molecule has 0 aliphatic rings. The Kier molecular flexibility index (Phi) is 7.59. The predicted molar refractivity (Wildman–Crippen MR) is 64.6 cm³/mol. The Morgan fingerprint density at radius 3 is 2.44 bits per heavy atom. The van der Waals surface area contributed by atoms with E-state index in [9.17, 15) is 9.90 Å². The van der Waals surface area contributed by atoms with Crippen LogP contribution < -0.4 is 0 Å². The van der Waals surface area contributed by atoms with Gasteiger partial charge in [-0.1, -0.05) is 38.1 Å². The van der Waals surface area contributed by atoms with Gasteiger partial charge in [0.2, 0.25) is 0 Å². The van der Waals surface area contributed by atoms with Crippen LogP contribution in [0.2, 0.25) is 0 Å². The first-order valence-corrected chi connectivity index (χ1v) is 5.24. The van der Waals surface area contributed by atoms with Crippen molar-refractivity contribution < 1.29 is 15.0 Å². The van der Waals surface area contributed by atoms with Crippen molar-refractivity contribution >= 4 is 5.97 Å². The van der Waals surface area contributed by atoms with Gasteiger partial charge in [0.05, 0.1) is 0 Å². The largest absolute Gasteiger partial charge is 0.508 e. The van der Waals surface area contributed by atoms with E-state index in [0.717, 1.165) is 24.5 Å². The third-order valence-corrected chi connectivity index (χ3v) is 1.97. The molecule has 0 aliphatic carbocycles. The molecular weight excluding hydrogens is 204 g/mol. The van der Waals surface area contributed by atoms with Crippen LogP contribution in [0.15, 0.2) is 36.9 Å². The van der Waals surface area contributed by atoms with Crippen LogP contribution in [-0.2, 0) is 11.2 Å². The summed E-state index contributed by atoms with van der Waals surface area (Å²) in [4.78, 5) is 9.25. The molecule has 0 fully saturated rings. The number of phenolic OH excluding ortho intramolecular Hbond substituents is 1. The molecule has 0 saturated heterocycles. The van der Waals surface area contributed by atoms with Gasteiger partial charge in [0.25, 0.3) is 0 Å². The number of para-hydroxylation sites is 1. The number of carbonyl (C=O) groups is 1. The molecule has 0 aromatic heterocycles. The van der Waals surface area contributed by atoms with E-state index in [1.165, 1.54) is 6.42 Å². The zero-order valence-electron chi connectivity index (χ0n) is 9.52. The summed E-state index contributed by atoms with van der Waals surface area (Å²) in [6.07, 6.45) is 4.15. The Labute approximate surface area is 96.1 Å². The summed E-state index contributed by atoms with van der Waals surface area (Å²) >= 11 is 0. The Hall–Kier alpha value is -1.77. The number of hydrogen-bond acceptors (Lipinski definition) is 2. The summed E-state index contributed by atoms with van der Waals surface area (Å²) in [6, 6.07) is 7.53. The lowest BCUT2D eigenvalue weighted by atomic mass is 10.1. The molecule has 1 aromatic carbocycles. The summed E-state index contributed by atoms with van der Waals surface area (Å²) in [5, 5.41) is 16.9. The quantitative estimate of drug-likeness (QED) is 0.770. The number of benzene rings is 1. The molecule has 0 spiro atoms. The third kappa shape index (κ3) is 6.65. The molecule has 88 valence electrons. The van der Waals surface area contributed by atoms with Gasteiger partial charge in [-0.2, -0.15) is 0 Å². The van der Waals surface area contributed by atoms with Crippen molar-refractivity contribution in [3.8, 4) is 5.75 Å². The van der Waals surface area contributed by atoms with Gasteiger partial charge in [0, 0.05) is 6.08 Å². The van der Waals surface area contributed by atoms with Crippen molar-refractivity contribution in [2.24, 2.45) is 0 Å². The standard InChI is InChI=1S/C10H14O.C3H4O2/c1-2-3-6-9-7-4-5-8-10(9)11;1-2-3(4)5/h4-5,7-8,11H,2-3,6H2,1H3;2H,1H2,(H,4,5). The minimum atomic E-state index is -0.981. The number of hydrogen-bond donors (Lipinski definition) is 2. The van der Waals surface area contributed by atoms with E-state index < -0.39 is 5.97 Å². The van der Waals surface area contributed by atoms with Crippen molar-refractivity contribution in [1.29, 1.82) is 0 Å². The summed E-state index contributed by atoms with van der Waals surface area (Å²) in [5.41, 5.74) is 1.06. The molecule has 0 heterocycles. The molecule has 0 radical (unpaired) electrons. The van der Waals surface area contributed by atoms with E-state index in [1.54, 1.807) is 6.07 Å². The molecule has 0 saturated carbocycles. The number of phenols is 1. The SMILES string of the molecule is C=CC(=O)O.CCCCc1ccccc1O. The second-order valence-electron chi connectivity index (χ2n) is 3.27. The van der Waals surface area contributed by atoms with E-state index in [1.807, 2.05) is 18.2 Å². The number of aryl methyl sites for hydroxylation is 1. The van der Waals surface area contributed by atoms with Crippen LogP contribution in [0.4, 0.5) is 0 Å². The molecule has 16 heavy (non-hydrogen) atoms. The van der Waals surface area contributed by atoms with Gasteiger partial charge in [-0.25, -0.2) is 4.79 Å². The second kappa shape index (κ2) is 8.53. The third-order valence-electron chi connectivity index (χ3n) is 1.97. The number of rotatable bonds is 4. The lowest BCUT2D eigenvalue weighted by Gasteiger charge is -2.01. The maximum Gasteiger partial charge on any atom is 0.327 e. The van der Waals surface area contributed by atoms with Crippen molar-refractivity contribution in [1.82, 2.24) is 0 Å². The second-order valence-corrected chi connectivity index (χ2v) is 3.27. The van der Waals surface area contributed by atoms with Crippen molar-refractivity contribution in [3.63, 3.8) is 0 Å². The smallest absolute Gasteiger partial charge is 0.327 e. The maximum absolute atomic E-state index is 9.34. The van der Waals surface area contributed by atoms with Crippen molar-refractivity contribution in [2.45, 2.75) is 26.2 Å². The molecule has 0 bridgehead atoms. The lowest BCUT2D eigenvalue weighted by molar-refractivity contribution is -0.131. The number of aliphatic carboxylic acids is 1. The highest BCUT2D eigenvalue weighted by molar-refractivity contribution is 5.78. The van der Waals surface area contributed by atoms with Gasteiger partial charge >= 0.3 is 5.97 Å². The van der Waals surface area contributed by atoms with Gasteiger partial charge in [-0.05, 0) is 24.5 Å². The molecule has 0 aliphatic heterocycles. The van der Waals surface area contributed by atoms with Crippen LogP contribution in [0.3, 0.4) is 0 Å². The Morgan fingerprint density at radius 2 is 2.00 bits per heavy atom. The normalized spacial score (nSPS) is 8.81. The van der Waals surface area contributed by atoms with Gasteiger partial charge in [0.1, 0.15) is 5.75 Å². The van der Waals surface area contributed by atoms with E-state index in [4.69, 9.17) is 5.11 Å². The highest BCUT2D eigenvalue weighted by atomic mass is 16.4. The number of aromatic hydroxyl groups is 1. The Morgan fingerprint density at radius 1 is 1.44 bits per heavy atom. The first-order chi connectivity index (χ1) is 7.61. The zero-order chi connectivity index (χ0) is 12.4. The fourth-order valence-corrected chi connectivity index (χ4v) is 1.09. The fourth-order valence-electron chi connectivity index (χ4n) is 1.09. The van der Waals surface area contributed by atoms with E-state index in [0.29, 0.717) is 5.75 Å². The first kappa shape index (κ1) is 14.2. The van der Waals surface area contributed by atoms with Crippen molar-refractivity contribution in [3.05, 3.63) is 42.5 Å². The number of carboxylic acids is 1. The van der Waals surface area contributed by atoms with Crippen LogP contribution in [0, 0.1) is 0 Å². The van der Waals surface area contributed by atoms with Crippen LogP contribution >= 0.6 is 0 Å². The molecule has 0 amide bonds. The summed E-state index contributed by atoms with van der Waals surface area (Å²) in [6.45, 7) is 5.11. The van der Waals surface area contributed by atoms with Crippen LogP contribution in [0.25, 0.3) is 0 Å². The van der Waals surface area contributed by atoms with Gasteiger partial charge in [-0.3, -0.25) is 0 Å². The lowest BCUT2D eigenvalue weighted by Crippen LogP contribution is -1.83.